The maximum absolute atomic E-state index is 13.9. The Kier molecular flexibility index (Phi) is 6.36. The minimum absolute atomic E-state index is 0.226. The highest BCUT2D eigenvalue weighted by atomic mass is 35.5. The predicted octanol–water partition coefficient (Wildman–Crippen LogP) is 6.12. The lowest BCUT2D eigenvalue weighted by atomic mass is 10.0. The first-order chi connectivity index (χ1) is 14.1. The Morgan fingerprint density at radius 1 is 1.00 bits per heavy atom. The standard InChI is InChI=1S/C23H21Cl2FN2O/c24-19-8-7-18(13-20(19)25)29-22-9-6-17(26)12-16(22)14-28-21-10-11-27-23(21)15-4-2-1-3-5-15/h1-9,12-13,21,23,27-28H,10-11,14H2/t21-,23-/m1/s1. The molecule has 0 spiro atoms. The highest BCUT2D eigenvalue weighted by Gasteiger charge is 2.27. The van der Waals surface area contributed by atoms with Gasteiger partial charge in [0, 0.05) is 30.3 Å². The summed E-state index contributed by atoms with van der Waals surface area (Å²) >= 11 is 12.0. The molecule has 6 heteroatoms. The van der Waals surface area contributed by atoms with E-state index in [0.29, 0.717) is 28.1 Å². The number of nitrogens with one attached hydrogen (secondary N) is 2. The van der Waals surface area contributed by atoms with Crippen LogP contribution < -0.4 is 15.4 Å². The van der Waals surface area contributed by atoms with Crippen molar-refractivity contribution in [2.75, 3.05) is 6.54 Å². The van der Waals surface area contributed by atoms with Gasteiger partial charge in [-0.1, -0.05) is 53.5 Å². The van der Waals surface area contributed by atoms with Gasteiger partial charge >= 0.3 is 0 Å². The number of hydrogen-bond donors (Lipinski definition) is 2. The average molecular weight is 431 g/mol. The van der Waals surface area contributed by atoms with E-state index in [1.165, 1.54) is 17.7 Å². The van der Waals surface area contributed by atoms with Gasteiger partial charge in [-0.3, -0.25) is 0 Å². The lowest BCUT2D eigenvalue weighted by Crippen LogP contribution is -2.34. The molecule has 0 radical (unpaired) electrons. The summed E-state index contributed by atoms with van der Waals surface area (Å²) in [5, 5.41) is 7.98. The van der Waals surface area contributed by atoms with E-state index in [4.69, 9.17) is 27.9 Å². The van der Waals surface area contributed by atoms with E-state index < -0.39 is 0 Å². The van der Waals surface area contributed by atoms with Crippen LogP contribution in [0, 0.1) is 5.82 Å². The number of hydrogen-bond acceptors (Lipinski definition) is 3. The van der Waals surface area contributed by atoms with Crippen LogP contribution in [0.2, 0.25) is 10.0 Å². The molecule has 3 aromatic rings. The van der Waals surface area contributed by atoms with Gasteiger partial charge in [-0.15, -0.1) is 0 Å². The van der Waals surface area contributed by atoms with Gasteiger partial charge in [0.25, 0.3) is 0 Å². The minimum atomic E-state index is -0.299. The van der Waals surface area contributed by atoms with Gasteiger partial charge in [-0.05, 0) is 48.9 Å². The van der Waals surface area contributed by atoms with Crippen molar-refractivity contribution in [3.05, 3.63) is 93.7 Å². The van der Waals surface area contributed by atoms with Crippen molar-refractivity contribution in [3.8, 4) is 11.5 Å². The zero-order valence-electron chi connectivity index (χ0n) is 15.7. The SMILES string of the molecule is Fc1ccc(Oc2ccc(Cl)c(Cl)c2)c(CN[C@@H]2CCN[C@@H]2c2ccccc2)c1. The molecule has 1 saturated heterocycles. The smallest absolute Gasteiger partial charge is 0.132 e. The van der Waals surface area contributed by atoms with Gasteiger partial charge in [-0.2, -0.15) is 0 Å². The molecule has 0 unspecified atom stereocenters. The fourth-order valence-electron chi connectivity index (χ4n) is 3.63. The second-order valence-corrected chi connectivity index (χ2v) is 7.86. The van der Waals surface area contributed by atoms with Crippen molar-refractivity contribution < 1.29 is 9.13 Å². The first-order valence-electron chi connectivity index (χ1n) is 9.53. The molecule has 0 amide bonds. The van der Waals surface area contributed by atoms with Gasteiger partial charge in [0.05, 0.1) is 10.0 Å². The van der Waals surface area contributed by atoms with Crippen molar-refractivity contribution in [1.29, 1.82) is 0 Å². The first kappa shape index (κ1) is 20.2. The Bertz CT molecular complexity index is 984. The maximum Gasteiger partial charge on any atom is 0.132 e. The molecule has 3 nitrogen and oxygen atoms in total. The Hall–Kier alpha value is -2.11. The molecule has 3 aromatic carbocycles. The van der Waals surface area contributed by atoms with E-state index in [-0.39, 0.29) is 17.9 Å². The van der Waals surface area contributed by atoms with Crippen LogP contribution in [0.4, 0.5) is 4.39 Å². The molecule has 2 atom stereocenters. The zero-order valence-corrected chi connectivity index (χ0v) is 17.2. The van der Waals surface area contributed by atoms with Crippen molar-refractivity contribution in [3.63, 3.8) is 0 Å². The zero-order chi connectivity index (χ0) is 20.2. The van der Waals surface area contributed by atoms with Crippen LogP contribution in [-0.4, -0.2) is 12.6 Å². The highest BCUT2D eigenvalue weighted by molar-refractivity contribution is 6.42. The lowest BCUT2D eigenvalue weighted by molar-refractivity contribution is 0.441. The second-order valence-electron chi connectivity index (χ2n) is 7.05. The molecule has 0 saturated carbocycles. The Labute approximate surface area is 179 Å². The van der Waals surface area contributed by atoms with Crippen molar-refractivity contribution in [2.24, 2.45) is 0 Å². The molecule has 1 aliphatic rings. The van der Waals surface area contributed by atoms with Crippen LogP contribution >= 0.6 is 23.2 Å². The van der Waals surface area contributed by atoms with Gasteiger partial charge in [0.1, 0.15) is 17.3 Å². The fourth-order valence-corrected chi connectivity index (χ4v) is 3.92. The number of ether oxygens (including phenoxy) is 1. The molecule has 1 heterocycles. The molecule has 29 heavy (non-hydrogen) atoms. The molecule has 1 aliphatic heterocycles. The molecule has 150 valence electrons. The van der Waals surface area contributed by atoms with Gasteiger partial charge in [0.15, 0.2) is 0 Å². The first-order valence-corrected chi connectivity index (χ1v) is 10.3. The summed E-state index contributed by atoms with van der Waals surface area (Å²) in [5.41, 5.74) is 1.99. The molecule has 0 bridgehead atoms. The normalized spacial score (nSPS) is 18.7. The number of benzene rings is 3. The summed E-state index contributed by atoms with van der Waals surface area (Å²) in [6, 6.07) is 20.4. The Balaban J connectivity index is 1.49. The summed E-state index contributed by atoms with van der Waals surface area (Å²) in [5.74, 6) is 0.837. The third kappa shape index (κ3) is 4.90. The Morgan fingerprint density at radius 3 is 2.62 bits per heavy atom. The number of halogens is 3. The van der Waals surface area contributed by atoms with Crippen molar-refractivity contribution in [1.82, 2.24) is 10.6 Å². The second kappa shape index (κ2) is 9.14. The summed E-state index contributed by atoms with van der Waals surface area (Å²) in [4.78, 5) is 0. The van der Waals surface area contributed by atoms with Crippen molar-refractivity contribution in [2.45, 2.75) is 25.0 Å². The highest BCUT2D eigenvalue weighted by Crippen LogP contribution is 2.32. The van der Waals surface area contributed by atoms with E-state index in [2.05, 4.69) is 22.8 Å². The van der Waals surface area contributed by atoms with Crippen LogP contribution in [0.25, 0.3) is 0 Å². The van der Waals surface area contributed by atoms with Crippen LogP contribution in [-0.2, 0) is 6.54 Å². The third-order valence-electron chi connectivity index (χ3n) is 5.08. The van der Waals surface area contributed by atoms with Crippen molar-refractivity contribution >= 4 is 23.2 Å². The minimum Gasteiger partial charge on any atom is -0.457 e. The average Bonchev–Trinajstić information content (AvgIpc) is 3.20. The quantitative estimate of drug-likeness (QED) is 0.494. The van der Waals surface area contributed by atoms with E-state index in [0.717, 1.165) is 18.5 Å². The van der Waals surface area contributed by atoms with Gasteiger partial charge < -0.3 is 15.4 Å². The van der Waals surface area contributed by atoms with E-state index in [1.54, 1.807) is 24.3 Å². The summed E-state index contributed by atoms with van der Waals surface area (Å²) in [6.07, 6.45) is 0.998. The monoisotopic (exact) mass is 430 g/mol. The van der Waals surface area contributed by atoms with E-state index >= 15 is 0 Å². The summed E-state index contributed by atoms with van der Waals surface area (Å²) in [7, 11) is 0. The molecular formula is C23H21Cl2FN2O. The predicted molar refractivity (Wildman–Crippen MR) is 115 cm³/mol. The van der Waals surface area contributed by atoms with Crippen LogP contribution in [0.3, 0.4) is 0 Å². The topological polar surface area (TPSA) is 33.3 Å². The van der Waals surface area contributed by atoms with Crippen LogP contribution in [0.5, 0.6) is 11.5 Å². The molecule has 2 N–H and O–H groups in total. The number of rotatable bonds is 6. The molecule has 4 rings (SSSR count). The third-order valence-corrected chi connectivity index (χ3v) is 5.82. The molecule has 1 fully saturated rings. The lowest BCUT2D eigenvalue weighted by Gasteiger charge is -2.22. The summed E-state index contributed by atoms with van der Waals surface area (Å²) in [6.45, 7) is 1.43. The van der Waals surface area contributed by atoms with Crippen LogP contribution in [0.15, 0.2) is 66.7 Å². The largest absolute Gasteiger partial charge is 0.457 e. The van der Waals surface area contributed by atoms with Crippen LogP contribution in [0.1, 0.15) is 23.6 Å². The molecule has 0 aromatic heterocycles. The van der Waals surface area contributed by atoms with E-state index in [1.807, 2.05) is 18.2 Å². The fraction of sp³-hybridized carbons (Fsp3) is 0.217. The maximum atomic E-state index is 13.9. The van der Waals surface area contributed by atoms with E-state index in [9.17, 15) is 4.39 Å². The molecule has 0 aliphatic carbocycles. The van der Waals surface area contributed by atoms with Gasteiger partial charge in [-0.25, -0.2) is 4.39 Å². The molecular weight excluding hydrogens is 410 g/mol. The van der Waals surface area contributed by atoms with Gasteiger partial charge in [0.2, 0.25) is 0 Å². The summed E-state index contributed by atoms with van der Waals surface area (Å²) < 4.78 is 19.9. The Morgan fingerprint density at radius 2 is 1.83 bits per heavy atom.